The van der Waals surface area contributed by atoms with Crippen LogP contribution in [0.4, 0.5) is 5.69 Å². The fourth-order valence-corrected chi connectivity index (χ4v) is 2.45. The standard InChI is InChI=1S/C17H15N3O/c21-17(12-4-2-1-3-5-12)18-13-8-9-14-15(10-13)20-16(19-14)11-6-7-11/h1-5,8-11H,6-7H2,(H,18,21)(H,19,20). The van der Waals surface area contributed by atoms with Gasteiger partial charge in [-0.2, -0.15) is 0 Å². The molecule has 1 fully saturated rings. The van der Waals surface area contributed by atoms with Crippen LogP contribution in [0.5, 0.6) is 0 Å². The van der Waals surface area contributed by atoms with Gasteiger partial charge in [0.25, 0.3) is 5.91 Å². The summed E-state index contributed by atoms with van der Waals surface area (Å²) in [5.74, 6) is 1.56. The molecule has 1 aromatic heterocycles. The first-order valence-corrected chi connectivity index (χ1v) is 7.16. The lowest BCUT2D eigenvalue weighted by Gasteiger charge is -2.04. The topological polar surface area (TPSA) is 57.8 Å². The van der Waals surface area contributed by atoms with Crippen LogP contribution in [-0.4, -0.2) is 15.9 Å². The molecule has 2 aromatic carbocycles. The van der Waals surface area contributed by atoms with Crippen LogP contribution in [0.15, 0.2) is 48.5 Å². The number of amides is 1. The zero-order valence-electron chi connectivity index (χ0n) is 11.5. The van der Waals surface area contributed by atoms with Crippen molar-refractivity contribution in [3.63, 3.8) is 0 Å². The molecule has 4 heteroatoms. The number of hydrogen-bond donors (Lipinski definition) is 2. The van der Waals surface area contributed by atoms with Crippen molar-refractivity contribution in [3.05, 3.63) is 59.9 Å². The van der Waals surface area contributed by atoms with Crippen molar-refractivity contribution < 1.29 is 4.79 Å². The van der Waals surface area contributed by atoms with E-state index in [1.165, 1.54) is 12.8 Å². The summed E-state index contributed by atoms with van der Waals surface area (Å²) < 4.78 is 0. The van der Waals surface area contributed by atoms with Crippen molar-refractivity contribution in [3.8, 4) is 0 Å². The highest BCUT2D eigenvalue weighted by Crippen LogP contribution is 2.39. The van der Waals surface area contributed by atoms with Gasteiger partial charge in [-0.3, -0.25) is 4.79 Å². The van der Waals surface area contributed by atoms with E-state index in [1.54, 1.807) is 12.1 Å². The summed E-state index contributed by atoms with van der Waals surface area (Å²) in [6, 6.07) is 15.0. The van der Waals surface area contributed by atoms with Crippen LogP contribution in [0.2, 0.25) is 0 Å². The molecule has 1 saturated carbocycles. The largest absolute Gasteiger partial charge is 0.342 e. The van der Waals surface area contributed by atoms with Gasteiger partial charge in [-0.1, -0.05) is 18.2 Å². The Bertz CT molecular complexity index is 803. The van der Waals surface area contributed by atoms with Crippen LogP contribution in [0.3, 0.4) is 0 Å². The molecule has 1 amide bonds. The predicted octanol–water partition coefficient (Wildman–Crippen LogP) is 3.69. The normalized spacial score (nSPS) is 14.3. The molecule has 1 aliphatic carbocycles. The first kappa shape index (κ1) is 12.1. The van der Waals surface area contributed by atoms with E-state index >= 15 is 0 Å². The molecule has 0 atom stereocenters. The fourth-order valence-electron chi connectivity index (χ4n) is 2.45. The average molecular weight is 277 g/mol. The van der Waals surface area contributed by atoms with Crippen LogP contribution >= 0.6 is 0 Å². The van der Waals surface area contributed by atoms with Crippen LogP contribution in [0.1, 0.15) is 34.9 Å². The molecular formula is C17H15N3O. The van der Waals surface area contributed by atoms with Gasteiger partial charge in [-0.15, -0.1) is 0 Å². The first-order valence-electron chi connectivity index (χ1n) is 7.16. The zero-order chi connectivity index (χ0) is 14.2. The minimum absolute atomic E-state index is 0.100. The number of anilines is 1. The minimum atomic E-state index is -0.100. The number of H-pyrrole nitrogens is 1. The molecule has 104 valence electrons. The van der Waals surface area contributed by atoms with E-state index in [1.807, 2.05) is 36.4 Å². The maximum absolute atomic E-state index is 12.1. The van der Waals surface area contributed by atoms with E-state index in [0.29, 0.717) is 11.5 Å². The summed E-state index contributed by atoms with van der Waals surface area (Å²) in [4.78, 5) is 20.1. The predicted molar refractivity (Wildman–Crippen MR) is 82.5 cm³/mol. The van der Waals surface area contributed by atoms with Crippen molar-refractivity contribution in [1.29, 1.82) is 0 Å². The van der Waals surface area contributed by atoms with Crippen molar-refractivity contribution >= 4 is 22.6 Å². The number of hydrogen-bond acceptors (Lipinski definition) is 2. The number of carbonyl (C=O) groups excluding carboxylic acids is 1. The number of fused-ring (bicyclic) bond motifs is 1. The highest BCUT2D eigenvalue weighted by Gasteiger charge is 2.26. The van der Waals surface area contributed by atoms with Gasteiger partial charge in [-0.05, 0) is 43.2 Å². The second-order valence-electron chi connectivity index (χ2n) is 5.45. The molecule has 0 radical (unpaired) electrons. The number of carbonyl (C=O) groups is 1. The van der Waals surface area contributed by atoms with E-state index in [0.717, 1.165) is 22.5 Å². The number of aromatic nitrogens is 2. The Labute approximate surface area is 122 Å². The van der Waals surface area contributed by atoms with Gasteiger partial charge >= 0.3 is 0 Å². The summed E-state index contributed by atoms with van der Waals surface area (Å²) in [6.07, 6.45) is 2.44. The Morgan fingerprint density at radius 3 is 2.71 bits per heavy atom. The lowest BCUT2D eigenvalue weighted by molar-refractivity contribution is 0.102. The Hall–Kier alpha value is -2.62. The van der Waals surface area contributed by atoms with Gasteiger partial charge < -0.3 is 10.3 Å². The van der Waals surface area contributed by atoms with E-state index in [9.17, 15) is 4.79 Å². The second kappa shape index (κ2) is 4.74. The van der Waals surface area contributed by atoms with Crippen LogP contribution < -0.4 is 5.32 Å². The van der Waals surface area contributed by atoms with E-state index < -0.39 is 0 Å². The Morgan fingerprint density at radius 2 is 1.95 bits per heavy atom. The fraction of sp³-hybridized carbons (Fsp3) is 0.176. The molecule has 21 heavy (non-hydrogen) atoms. The van der Waals surface area contributed by atoms with Gasteiger partial charge in [0.2, 0.25) is 0 Å². The second-order valence-corrected chi connectivity index (χ2v) is 5.45. The molecule has 2 N–H and O–H groups in total. The van der Waals surface area contributed by atoms with Crippen LogP contribution in [0, 0.1) is 0 Å². The summed E-state index contributed by atoms with van der Waals surface area (Å²) in [5.41, 5.74) is 3.36. The summed E-state index contributed by atoms with van der Waals surface area (Å²) in [5, 5.41) is 2.92. The molecular weight excluding hydrogens is 262 g/mol. The molecule has 0 bridgehead atoms. The van der Waals surface area contributed by atoms with Gasteiger partial charge in [0.15, 0.2) is 0 Å². The molecule has 0 saturated heterocycles. The molecule has 0 aliphatic heterocycles. The third kappa shape index (κ3) is 2.40. The lowest BCUT2D eigenvalue weighted by Crippen LogP contribution is -2.11. The number of benzene rings is 2. The SMILES string of the molecule is O=C(Nc1ccc2nc(C3CC3)[nH]c2c1)c1ccccc1. The maximum atomic E-state index is 12.1. The van der Waals surface area contributed by atoms with Gasteiger partial charge in [0.05, 0.1) is 11.0 Å². The number of imidazole rings is 1. The minimum Gasteiger partial charge on any atom is -0.342 e. The Morgan fingerprint density at radius 1 is 1.14 bits per heavy atom. The van der Waals surface area contributed by atoms with Crippen molar-refractivity contribution in [1.82, 2.24) is 9.97 Å². The highest BCUT2D eigenvalue weighted by atomic mass is 16.1. The van der Waals surface area contributed by atoms with Crippen molar-refractivity contribution in [2.75, 3.05) is 5.32 Å². The lowest BCUT2D eigenvalue weighted by atomic mass is 10.2. The zero-order valence-corrected chi connectivity index (χ0v) is 11.5. The third-order valence-corrected chi connectivity index (χ3v) is 3.76. The average Bonchev–Trinajstić information content (AvgIpc) is 3.28. The molecule has 1 aliphatic rings. The van der Waals surface area contributed by atoms with Crippen molar-refractivity contribution in [2.45, 2.75) is 18.8 Å². The number of nitrogens with zero attached hydrogens (tertiary/aromatic N) is 1. The number of rotatable bonds is 3. The molecule has 1 heterocycles. The monoisotopic (exact) mass is 277 g/mol. The summed E-state index contributed by atoms with van der Waals surface area (Å²) >= 11 is 0. The number of aromatic amines is 1. The molecule has 4 rings (SSSR count). The Kier molecular flexibility index (Phi) is 2.74. The molecule has 0 unspecified atom stereocenters. The van der Waals surface area contributed by atoms with E-state index in [2.05, 4.69) is 15.3 Å². The van der Waals surface area contributed by atoms with E-state index in [4.69, 9.17) is 0 Å². The third-order valence-electron chi connectivity index (χ3n) is 3.76. The van der Waals surface area contributed by atoms with Gasteiger partial charge in [0, 0.05) is 17.2 Å². The molecule has 3 aromatic rings. The smallest absolute Gasteiger partial charge is 0.255 e. The molecule has 4 nitrogen and oxygen atoms in total. The van der Waals surface area contributed by atoms with Gasteiger partial charge in [-0.25, -0.2) is 4.98 Å². The van der Waals surface area contributed by atoms with E-state index in [-0.39, 0.29) is 5.91 Å². The van der Waals surface area contributed by atoms with Gasteiger partial charge in [0.1, 0.15) is 5.82 Å². The maximum Gasteiger partial charge on any atom is 0.255 e. The summed E-state index contributed by atoms with van der Waals surface area (Å²) in [6.45, 7) is 0. The molecule has 0 spiro atoms. The van der Waals surface area contributed by atoms with Crippen LogP contribution in [-0.2, 0) is 0 Å². The number of nitrogens with one attached hydrogen (secondary N) is 2. The summed E-state index contributed by atoms with van der Waals surface area (Å²) in [7, 11) is 0. The van der Waals surface area contributed by atoms with Crippen LogP contribution in [0.25, 0.3) is 11.0 Å². The quantitative estimate of drug-likeness (QED) is 0.767. The highest BCUT2D eigenvalue weighted by molar-refractivity contribution is 6.04. The van der Waals surface area contributed by atoms with Crippen molar-refractivity contribution in [2.24, 2.45) is 0 Å². The first-order chi connectivity index (χ1) is 10.3. The Balaban J connectivity index is 1.60.